The van der Waals surface area contributed by atoms with Crippen LogP contribution in [0.4, 0.5) is 0 Å². The van der Waals surface area contributed by atoms with Gasteiger partial charge in [-0.1, -0.05) is 48.0 Å². The Kier molecular flexibility index (Phi) is 5.62. The minimum absolute atomic E-state index is 0.00545. The number of carbonyl (C=O) groups excluding carboxylic acids is 2. The van der Waals surface area contributed by atoms with E-state index in [0.717, 1.165) is 22.2 Å². The molecule has 0 fully saturated rings. The molecule has 0 spiro atoms. The summed E-state index contributed by atoms with van der Waals surface area (Å²) in [5.41, 5.74) is 1.93. The van der Waals surface area contributed by atoms with E-state index in [4.69, 9.17) is 16.3 Å². The molecule has 0 aromatic heterocycles. The first-order valence-electron chi connectivity index (χ1n) is 8.69. The Hall–Kier alpha value is -2.02. The topological polar surface area (TPSA) is 55.7 Å². The van der Waals surface area contributed by atoms with Crippen molar-refractivity contribution < 1.29 is 14.3 Å². The van der Waals surface area contributed by atoms with E-state index in [9.17, 15) is 9.59 Å². The zero-order chi connectivity index (χ0) is 19.7. The number of Topliss-reactive ketones (excluding diaryl/α,β-unsaturated/α-hetero) is 1. The van der Waals surface area contributed by atoms with Gasteiger partial charge in [0.05, 0.1) is 17.7 Å². The van der Waals surface area contributed by atoms with Gasteiger partial charge in [0, 0.05) is 22.1 Å². The summed E-state index contributed by atoms with van der Waals surface area (Å²) in [5, 5.41) is 1.20. The van der Waals surface area contributed by atoms with Gasteiger partial charge in [-0.25, -0.2) is 4.99 Å². The molecule has 28 heavy (non-hydrogen) atoms. The van der Waals surface area contributed by atoms with E-state index in [2.05, 4.69) is 4.99 Å². The fourth-order valence-corrected chi connectivity index (χ4v) is 5.50. The summed E-state index contributed by atoms with van der Waals surface area (Å²) in [6.07, 6.45) is 2.76. The Balaban J connectivity index is 1.54. The second-order valence-corrected chi connectivity index (χ2v) is 9.00. The van der Waals surface area contributed by atoms with Crippen molar-refractivity contribution in [1.29, 1.82) is 0 Å². The van der Waals surface area contributed by atoms with Gasteiger partial charge in [0.2, 0.25) is 5.12 Å². The van der Waals surface area contributed by atoms with Gasteiger partial charge < -0.3 is 4.74 Å². The summed E-state index contributed by atoms with van der Waals surface area (Å²) in [6.45, 7) is 0. The second kappa shape index (κ2) is 8.15. The predicted molar refractivity (Wildman–Crippen MR) is 115 cm³/mol. The van der Waals surface area contributed by atoms with Gasteiger partial charge in [-0.2, -0.15) is 0 Å². The minimum atomic E-state index is -0.0638. The molecule has 0 saturated heterocycles. The lowest BCUT2D eigenvalue weighted by atomic mass is 10.0. The van der Waals surface area contributed by atoms with Crippen molar-refractivity contribution >= 4 is 51.1 Å². The number of ketones is 1. The van der Waals surface area contributed by atoms with Crippen molar-refractivity contribution in [3.8, 4) is 5.75 Å². The van der Waals surface area contributed by atoms with Crippen molar-refractivity contribution in [3.63, 3.8) is 0 Å². The maximum absolute atomic E-state index is 12.7. The van der Waals surface area contributed by atoms with E-state index >= 15 is 0 Å². The highest BCUT2D eigenvalue weighted by atomic mass is 35.5. The zero-order valence-corrected chi connectivity index (χ0v) is 17.4. The molecular weight excluding hydrogens is 414 g/mol. The lowest BCUT2D eigenvalue weighted by Gasteiger charge is -2.24. The third kappa shape index (κ3) is 3.77. The molecule has 0 amide bonds. The van der Waals surface area contributed by atoms with Crippen LogP contribution in [0, 0.1) is 0 Å². The number of aliphatic imine (C=N–C) groups is 1. The summed E-state index contributed by atoms with van der Waals surface area (Å²) in [6, 6.07) is 13.1. The highest BCUT2D eigenvalue weighted by molar-refractivity contribution is 8.27. The van der Waals surface area contributed by atoms with Gasteiger partial charge >= 0.3 is 0 Å². The molecule has 2 aromatic carbocycles. The molecule has 4 rings (SSSR count). The lowest BCUT2D eigenvalue weighted by Crippen LogP contribution is -2.18. The minimum Gasteiger partial charge on any atom is -0.496 e. The first-order chi connectivity index (χ1) is 13.6. The van der Waals surface area contributed by atoms with Gasteiger partial charge in [0.25, 0.3) is 0 Å². The standard InChI is InChI=1S/C21H16ClNO3S2/c1-26-17-10-8-14(22)19-18(17)16(24)11-13(27-19)7-9-15-21(25)28-20(23-15)12-5-3-2-4-6-12/h2-6,8-10,13H,7,11H2,1H3. The maximum atomic E-state index is 12.7. The number of thioether (sulfide) groups is 2. The fraction of sp³-hybridized carbons (Fsp3) is 0.190. The van der Waals surface area contributed by atoms with Crippen LogP contribution in [0.3, 0.4) is 0 Å². The predicted octanol–water partition coefficient (Wildman–Crippen LogP) is 5.39. The van der Waals surface area contributed by atoms with Crippen LogP contribution in [0.15, 0.2) is 64.1 Å². The molecule has 142 valence electrons. The Morgan fingerprint density at radius 2 is 2.00 bits per heavy atom. The summed E-state index contributed by atoms with van der Waals surface area (Å²) in [4.78, 5) is 30.2. The number of methoxy groups -OCH3 is 1. The van der Waals surface area contributed by atoms with E-state index in [0.29, 0.717) is 39.9 Å². The SMILES string of the molecule is COc1ccc(Cl)c2c1C(=O)CC(CC=C1N=C(c3ccccc3)SC1=O)S2. The van der Waals surface area contributed by atoms with Gasteiger partial charge in [0.1, 0.15) is 16.5 Å². The molecule has 2 aromatic rings. The molecule has 2 heterocycles. The van der Waals surface area contributed by atoms with Gasteiger partial charge in [0.15, 0.2) is 5.78 Å². The molecule has 2 aliphatic heterocycles. The van der Waals surface area contributed by atoms with Gasteiger partial charge in [-0.15, -0.1) is 11.8 Å². The molecule has 2 aliphatic rings. The third-order valence-electron chi connectivity index (χ3n) is 4.48. The number of hydrogen-bond donors (Lipinski definition) is 0. The van der Waals surface area contributed by atoms with Crippen molar-refractivity contribution in [3.05, 3.63) is 70.4 Å². The Bertz CT molecular complexity index is 1020. The van der Waals surface area contributed by atoms with Gasteiger partial charge in [-0.3, -0.25) is 9.59 Å². The van der Waals surface area contributed by atoms with Crippen LogP contribution in [0.5, 0.6) is 5.75 Å². The van der Waals surface area contributed by atoms with Crippen molar-refractivity contribution in [2.45, 2.75) is 23.0 Å². The molecule has 7 heteroatoms. The largest absolute Gasteiger partial charge is 0.496 e. The third-order valence-corrected chi connectivity index (χ3v) is 7.18. The molecule has 0 radical (unpaired) electrons. The van der Waals surface area contributed by atoms with E-state index < -0.39 is 0 Å². The average Bonchev–Trinajstić information content (AvgIpc) is 3.08. The van der Waals surface area contributed by atoms with Crippen LogP contribution in [-0.2, 0) is 4.79 Å². The number of benzene rings is 2. The highest BCUT2D eigenvalue weighted by Gasteiger charge is 2.31. The number of allylic oxidation sites excluding steroid dienone is 1. The van der Waals surface area contributed by atoms with Gasteiger partial charge in [-0.05, 0) is 30.3 Å². The second-order valence-electron chi connectivity index (χ2n) is 6.32. The monoisotopic (exact) mass is 429 g/mol. The number of fused-ring (bicyclic) bond motifs is 1. The fourth-order valence-electron chi connectivity index (χ4n) is 3.13. The summed E-state index contributed by atoms with van der Waals surface area (Å²) >= 11 is 9.01. The number of carbonyl (C=O) groups is 2. The average molecular weight is 430 g/mol. The number of halogens is 1. The van der Waals surface area contributed by atoms with E-state index in [1.54, 1.807) is 31.0 Å². The summed E-state index contributed by atoms with van der Waals surface area (Å²) < 4.78 is 5.31. The van der Waals surface area contributed by atoms with Crippen LogP contribution in [0.1, 0.15) is 28.8 Å². The first-order valence-corrected chi connectivity index (χ1v) is 10.8. The quantitative estimate of drug-likeness (QED) is 0.610. The van der Waals surface area contributed by atoms with Crippen molar-refractivity contribution in [2.75, 3.05) is 7.11 Å². The lowest BCUT2D eigenvalue weighted by molar-refractivity contribution is -0.107. The van der Waals surface area contributed by atoms with E-state index in [1.807, 2.05) is 36.4 Å². The van der Waals surface area contributed by atoms with Crippen molar-refractivity contribution in [2.24, 2.45) is 4.99 Å². The van der Waals surface area contributed by atoms with Crippen LogP contribution in [0.2, 0.25) is 5.02 Å². The molecular formula is C21H16ClNO3S2. The number of hydrogen-bond acceptors (Lipinski definition) is 6. The number of nitrogens with zero attached hydrogens (tertiary/aromatic N) is 1. The molecule has 4 nitrogen and oxygen atoms in total. The molecule has 0 aliphatic carbocycles. The Morgan fingerprint density at radius 1 is 1.21 bits per heavy atom. The van der Waals surface area contributed by atoms with Crippen LogP contribution in [-0.4, -0.2) is 28.3 Å². The zero-order valence-electron chi connectivity index (χ0n) is 15.0. The summed E-state index contributed by atoms with van der Waals surface area (Å²) in [5.74, 6) is 0.560. The molecule has 1 atom stereocenters. The first kappa shape index (κ1) is 19.3. The molecule has 1 unspecified atom stereocenters. The van der Waals surface area contributed by atoms with Crippen molar-refractivity contribution in [1.82, 2.24) is 0 Å². The van der Waals surface area contributed by atoms with Crippen LogP contribution in [0.25, 0.3) is 0 Å². The van der Waals surface area contributed by atoms with Crippen LogP contribution < -0.4 is 4.74 Å². The highest BCUT2D eigenvalue weighted by Crippen LogP contribution is 2.45. The number of rotatable bonds is 4. The normalized spacial score (nSPS) is 20.3. The van der Waals surface area contributed by atoms with E-state index in [-0.39, 0.29) is 16.1 Å². The Labute approximate surface area is 176 Å². The van der Waals surface area contributed by atoms with E-state index in [1.165, 1.54) is 0 Å². The summed E-state index contributed by atoms with van der Waals surface area (Å²) in [7, 11) is 1.55. The molecule has 0 saturated carbocycles. The number of ether oxygens (including phenoxy) is 1. The Morgan fingerprint density at radius 3 is 2.75 bits per heavy atom. The molecule has 0 N–H and O–H groups in total. The van der Waals surface area contributed by atoms with Crippen LogP contribution >= 0.6 is 35.1 Å². The smallest absolute Gasteiger partial charge is 0.243 e. The maximum Gasteiger partial charge on any atom is 0.243 e. The molecule has 0 bridgehead atoms.